The van der Waals surface area contributed by atoms with Gasteiger partial charge in [-0.05, 0) is 49.3 Å². The van der Waals surface area contributed by atoms with E-state index in [1.54, 1.807) is 4.90 Å². The number of benzene rings is 1. The Kier molecular flexibility index (Phi) is 6.70. The predicted molar refractivity (Wildman–Crippen MR) is 138 cm³/mol. The van der Waals surface area contributed by atoms with Gasteiger partial charge in [0.05, 0.1) is 17.9 Å². The molecule has 2 saturated heterocycles. The van der Waals surface area contributed by atoms with E-state index >= 15 is 0 Å². The molecule has 1 aromatic carbocycles. The van der Waals surface area contributed by atoms with Crippen LogP contribution in [0.5, 0.6) is 0 Å². The van der Waals surface area contributed by atoms with Crippen molar-refractivity contribution in [1.29, 1.82) is 0 Å². The summed E-state index contributed by atoms with van der Waals surface area (Å²) in [5, 5.41) is 6.29. The lowest BCUT2D eigenvalue weighted by molar-refractivity contribution is -0.141. The van der Waals surface area contributed by atoms with Gasteiger partial charge in [-0.1, -0.05) is 64.3 Å². The molecule has 2 N–H and O–H groups in total. The predicted octanol–water partition coefficient (Wildman–Crippen LogP) is 3.83. The average molecular weight is 494 g/mol. The molecule has 0 aromatic heterocycles. The molecule has 194 valence electrons. The fourth-order valence-electron chi connectivity index (χ4n) is 6.83. The highest BCUT2D eigenvalue weighted by atomic mass is 16.5. The number of amides is 3. The molecule has 7 heteroatoms. The van der Waals surface area contributed by atoms with E-state index in [1.165, 1.54) is 6.42 Å². The summed E-state index contributed by atoms with van der Waals surface area (Å²) in [5.74, 6) is -0.985. The molecule has 7 nitrogen and oxygen atoms in total. The van der Waals surface area contributed by atoms with Crippen LogP contribution >= 0.6 is 0 Å². The smallest absolute Gasteiger partial charge is 0.246 e. The summed E-state index contributed by atoms with van der Waals surface area (Å²) in [6.07, 6.45) is 8.17. The second kappa shape index (κ2) is 9.66. The first-order chi connectivity index (χ1) is 17.3. The van der Waals surface area contributed by atoms with E-state index in [0.29, 0.717) is 24.1 Å². The summed E-state index contributed by atoms with van der Waals surface area (Å²) in [6, 6.07) is 6.94. The minimum absolute atomic E-state index is 0.0859. The van der Waals surface area contributed by atoms with E-state index in [-0.39, 0.29) is 23.8 Å². The SMILES string of the molecule is CCCCN1C(=O)[C@@H]2[C@H](C(=O)Nc3cccc(C)c3)[C@@H]3C=C[C@@]2(O3)[C@@H]1C(=O)N[C@@H]1CCC[C@@H](C)[C@@H]1C. The minimum atomic E-state index is -1.10. The van der Waals surface area contributed by atoms with Crippen LogP contribution in [-0.4, -0.2) is 53.0 Å². The number of carbonyl (C=O) groups is 3. The van der Waals surface area contributed by atoms with Gasteiger partial charge < -0.3 is 20.3 Å². The fraction of sp³-hybridized carbons (Fsp3) is 0.621. The number of hydrogen-bond donors (Lipinski definition) is 2. The van der Waals surface area contributed by atoms with Gasteiger partial charge in [0, 0.05) is 18.3 Å². The van der Waals surface area contributed by atoms with Crippen LogP contribution < -0.4 is 10.6 Å². The molecular formula is C29H39N3O4. The molecule has 3 amide bonds. The van der Waals surface area contributed by atoms with Crippen molar-refractivity contribution >= 4 is 23.4 Å². The first-order valence-electron chi connectivity index (χ1n) is 13.6. The summed E-state index contributed by atoms with van der Waals surface area (Å²) in [4.78, 5) is 43.0. The third-order valence-corrected chi connectivity index (χ3v) is 9.00. The van der Waals surface area contributed by atoms with Gasteiger partial charge in [-0.2, -0.15) is 0 Å². The Bertz CT molecular complexity index is 1070. The van der Waals surface area contributed by atoms with Crippen LogP contribution in [0.15, 0.2) is 36.4 Å². The Morgan fingerprint density at radius 1 is 1.19 bits per heavy atom. The lowest BCUT2D eigenvalue weighted by atomic mass is 9.73. The molecule has 1 saturated carbocycles. The molecule has 1 spiro atoms. The van der Waals surface area contributed by atoms with Gasteiger partial charge in [-0.25, -0.2) is 0 Å². The van der Waals surface area contributed by atoms with Crippen LogP contribution in [0.3, 0.4) is 0 Å². The van der Waals surface area contributed by atoms with Crippen molar-refractivity contribution in [1.82, 2.24) is 10.2 Å². The summed E-state index contributed by atoms with van der Waals surface area (Å²) in [7, 11) is 0. The van der Waals surface area contributed by atoms with E-state index < -0.39 is 29.6 Å². The van der Waals surface area contributed by atoms with Crippen molar-refractivity contribution in [3.05, 3.63) is 42.0 Å². The van der Waals surface area contributed by atoms with Gasteiger partial charge in [0.25, 0.3) is 0 Å². The number of hydrogen-bond acceptors (Lipinski definition) is 4. The lowest BCUT2D eigenvalue weighted by Crippen LogP contribution is -2.58. The third kappa shape index (κ3) is 4.05. The first kappa shape index (κ1) is 25.0. The van der Waals surface area contributed by atoms with E-state index in [4.69, 9.17) is 4.74 Å². The zero-order chi connectivity index (χ0) is 25.6. The summed E-state index contributed by atoms with van der Waals surface area (Å²) in [5.41, 5.74) is 0.639. The first-order valence-corrected chi connectivity index (χ1v) is 13.6. The van der Waals surface area contributed by atoms with E-state index in [9.17, 15) is 14.4 Å². The van der Waals surface area contributed by atoms with Gasteiger partial charge in [0.2, 0.25) is 17.7 Å². The van der Waals surface area contributed by atoms with Crippen molar-refractivity contribution < 1.29 is 19.1 Å². The largest absolute Gasteiger partial charge is 0.359 e. The molecule has 3 heterocycles. The summed E-state index contributed by atoms with van der Waals surface area (Å²) >= 11 is 0. The number of nitrogens with one attached hydrogen (secondary N) is 2. The number of fused-ring (bicyclic) bond motifs is 1. The van der Waals surface area contributed by atoms with Gasteiger partial charge in [-0.15, -0.1) is 0 Å². The second-order valence-corrected chi connectivity index (χ2v) is 11.3. The van der Waals surface area contributed by atoms with Crippen molar-refractivity contribution in [2.24, 2.45) is 23.7 Å². The molecule has 5 rings (SSSR count). The van der Waals surface area contributed by atoms with Crippen LogP contribution in [-0.2, 0) is 19.1 Å². The molecule has 1 aromatic rings. The fourth-order valence-corrected chi connectivity index (χ4v) is 6.83. The number of carbonyl (C=O) groups excluding carboxylic acids is 3. The number of rotatable bonds is 7. The molecule has 0 unspecified atom stereocenters. The number of ether oxygens (including phenoxy) is 1. The average Bonchev–Trinajstić information content (AvgIpc) is 3.48. The molecule has 36 heavy (non-hydrogen) atoms. The third-order valence-electron chi connectivity index (χ3n) is 9.00. The van der Waals surface area contributed by atoms with E-state index in [1.807, 2.05) is 43.3 Å². The molecule has 1 aliphatic carbocycles. The van der Waals surface area contributed by atoms with Crippen LogP contribution in [0.4, 0.5) is 5.69 Å². The van der Waals surface area contributed by atoms with Crippen molar-refractivity contribution in [2.45, 2.75) is 83.6 Å². The highest BCUT2D eigenvalue weighted by Gasteiger charge is 2.72. The Morgan fingerprint density at radius 3 is 2.75 bits per heavy atom. The Morgan fingerprint density at radius 2 is 2.00 bits per heavy atom. The van der Waals surface area contributed by atoms with Crippen LogP contribution in [0.25, 0.3) is 0 Å². The maximum atomic E-state index is 13.9. The number of likely N-dealkylation sites (tertiary alicyclic amines) is 1. The Labute approximate surface area is 214 Å². The molecular weight excluding hydrogens is 454 g/mol. The lowest BCUT2D eigenvalue weighted by Gasteiger charge is -2.38. The molecule has 3 aliphatic heterocycles. The van der Waals surface area contributed by atoms with Crippen molar-refractivity contribution in [3.8, 4) is 0 Å². The second-order valence-electron chi connectivity index (χ2n) is 11.3. The van der Waals surface area contributed by atoms with Crippen molar-refractivity contribution in [2.75, 3.05) is 11.9 Å². The molecule has 3 fully saturated rings. The number of unbranched alkanes of at least 4 members (excludes halogenated alkanes) is 1. The minimum Gasteiger partial charge on any atom is -0.359 e. The van der Waals surface area contributed by atoms with Crippen molar-refractivity contribution in [3.63, 3.8) is 0 Å². The van der Waals surface area contributed by atoms with Gasteiger partial charge in [-0.3, -0.25) is 14.4 Å². The highest BCUT2D eigenvalue weighted by molar-refractivity contribution is 6.02. The number of nitrogens with zero attached hydrogens (tertiary/aromatic N) is 1. The van der Waals surface area contributed by atoms with E-state index in [0.717, 1.165) is 31.2 Å². The van der Waals surface area contributed by atoms with Crippen LogP contribution in [0, 0.1) is 30.6 Å². The topological polar surface area (TPSA) is 87.7 Å². The zero-order valence-electron chi connectivity index (χ0n) is 21.8. The number of anilines is 1. The van der Waals surface area contributed by atoms with Crippen LogP contribution in [0.2, 0.25) is 0 Å². The molecule has 4 aliphatic rings. The van der Waals surface area contributed by atoms with Gasteiger partial charge >= 0.3 is 0 Å². The molecule has 0 radical (unpaired) electrons. The Hall–Kier alpha value is -2.67. The van der Waals surface area contributed by atoms with Gasteiger partial charge in [0.1, 0.15) is 11.6 Å². The highest BCUT2D eigenvalue weighted by Crippen LogP contribution is 2.55. The molecule has 2 bridgehead atoms. The number of aryl methyl sites for hydroxylation is 1. The monoisotopic (exact) mass is 493 g/mol. The maximum Gasteiger partial charge on any atom is 0.246 e. The van der Waals surface area contributed by atoms with Gasteiger partial charge in [0.15, 0.2) is 0 Å². The maximum absolute atomic E-state index is 13.9. The molecule has 8 atom stereocenters. The summed E-state index contributed by atoms with van der Waals surface area (Å²) in [6.45, 7) is 8.97. The summed E-state index contributed by atoms with van der Waals surface area (Å²) < 4.78 is 6.44. The normalized spacial score (nSPS) is 36.7. The quantitative estimate of drug-likeness (QED) is 0.565. The van der Waals surface area contributed by atoms with E-state index in [2.05, 4.69) is 31.4 Å². The Balaban J connectivity index is 1.43. The zero-order valence-corrected chi connectivity index (χ0v) is 21.8. The standard InChI is InChI=1S/C29H39N3O4/c1-5-6-15-32-25(27(34)31-21-12-8-10-18(3)19(21)4)29-14-13-22(36-29)23(24(29)28(32)35)26(33)30-20-11-7-9-17(2)16-20/h7,9,11,13-14,16,18-19,21-25H,5-6,8,10,12,15H2,1-4H3,(H,30,33)(H,31,34)/t18-,19+,21-,22+,23-,24+,25+,29+/m1/s1. The van der Waals surface area contributed by atoms with Crippen LogP contribution in [0.1, 0.15) is 58.4 Å².